The summed E-state index contributed by atoms with van der Waals surface area (Å²) in [6, 6.07) is 5.09. The highest BCUT2D eigenvalue weighted by molar-refractivity contribution is 5.75. The SMILES string of the molecule is O=C(NC1C[C@@H]2CC[C@@H](C1)N2Cc1nnnn1Cc1ccco1)NC12CC3CC(CC(C3)C1)C2. The molecular weight excluding hydrogens is 430 g/mol. The molecule has 8 rings (SSSR count). The van der Waals surface area contributed by atoms with E-state index >= 15 is 0 Å². The fourth-order valence-corrected chi connectivity index (χ4v) is 8.55. The van der Waals surface area contributed by atoms with E-state index in [1.807, 2.05) is 16.8 Å². The zero-order chi connectivity index (χ0) is 22.7. The van der Waals surface area contributed by atoms with Gasteiger partial charge in [-0.2, -0.15) is 0 Å². The number of amides is 2. The number of aromatic nitrogens is 4. The molecule has 6 bridgehead atoms. The number of tetrazole rings is 1. The van der Waals surface area contributed by atoms with Crippen molar-refractivity contribution in [2.75, 3.05) is 0 Å². The number of piperidine rings is 1. The molecule has 0 spiro atoms. The number of urea groups is 1. The number of hydrogen-bond donors (Lipinski definition) is 2. The molecule has 4 saturated carbocycles. The number of furan rings is 1. The minimum Gasteiger partial charge on any atom is -0.467 e. The molecule has 6 aliphatic rings. The van der Waals surface area contributed by atoms with Gasteiger partial charge in [0.15, 0.2) is 5.82 Å². The van der Waals surface area contributed by atoms with E-state index in [1.54, 1.807) is 6.26 Å². The Labute approximate surface area is 200 Å². The Morgan fingerprint density at radius 3 is 2.38 bits per heavy atom. The van der Waals surface area contributed by atoms with E-state index in [0.717, 1.165) is 48.7 Å². The molecular formula is C25H35N7O2. The molecule has 0 aromatic carbocycles. The smallest absolute Gasteiger partial charge is 0.315 e. The number of nitrogens with one attached hydrogen (secondary N) is 2. The topological polar surface area (TPSA) is 101 Å². The summed E-state index contributed by atoms with van der Waals surface area (Å²) in [5.74, 6) is 4.25. The Bertz CT molecular complexity index is 985. The van der Waals surface area contributed by atoms with E-state index in [0.29, 0.717) is 18.6 Å². The summed E-state index contributed by atoms with van der Waals surface area (Å²) in [7, 11) is 0. The second-order valence-corrected chi connectivity index (χ2v) is 11.9. The molecule has 0 radical (unpaired) electrons. The van der Waals surface area contributed by atoms with Gasteiger partial charge >= 0.3 is 6.03 Å². The first-order valence-corrected chi connectivity index (χ1v) is 13.2. The third-order valence-corrected chi connectivity index (χ3v) is 9.45. The predicted octanol–water partition coefficient (Wildman–Crippen LogP) is 3.08. The summed E-state index contributed by atoms with van der Waals surface area (Å²) in [5.41, 5.74) is 0.0730. The highest BCUT2D eigenvalue weighted by Gasteiger charge is 2.52. The van der Waals surface area contributed by atoms with Crippen molar-refractivity contribution in [2.24, 2.45) is 17.8 Å². The molecule has 2 N–H and O–H groups in total. The summed E-state index contributed by atoms with van der Waals surface area (Å²) in [6.45, 7) is 1.29. The van der Waals surface area contributed by atoms with Crippen molar-refractivity contribution in [1.82, 2.24) is 35.7 Å². The Kier molecular flexibility index (Phi) is 4.96. The Hall–Kier alpha value is -2.42. The summed E-state index contributed by atoms with van der Waals surface area (Å²) in [6.07, 6.45) is 13.8. The van der Waals surface area contributed by atoms with Crippen LogP contribution < -0.4 is 10.6 Å². The lowest BCUT2D eigenvalue weighted by Gasteiger charge is -2.56. The van der Waals surface area contributed by atoms with E-state index < -0.39 is 0 Å². The first kappa shape index (κ1) is 20.9. The van der Waals surface area contributed by atoms with E-state index in [1.165, 1.54) is 51.4 Å². The molecule has 2 aromatic heterocycles. The Morgan fingerprint density at radius 1 is 1.03 bits per heavy atom. The van der Waals surface area contributed by atoms with Crippen LogP contribution in [-0.4, -0.2) is 54.8 Å². The van der Waals surface area contributed by atoms with E-state index in [4.69, 9.17) is 4.42 Å². The van der Waals surface area contributed by atoms with Gasteiger partial charge in [-0.05, 0) is 105 Å². The van der Waals surface area contributed by atoms with Crippen LogP contribution in [0.5, 0.6) is 0 Å². The Balaban J connectivity index is 0.962. The third kappa shape index (κ3) is 3.82. The summed E-state index contributed by atoms with van der Waals surface area (Å²) >= 11 is 0. The molecule has 4 aliphatic carbocycles. The van der Waals surface area contributed by atoms with Gasteiger partial charge in [0.05, 0.1) is 12.8 Å². The van der Waals surface area contributed by atoms with Crippen LogP contribution in [-0.2, 0) is 13.1 Å². The van der Waals surface area contributed by atoms with Crippen LogP contribution in [0, 0.1) is 17.8 Å². The summed E-state index contributed by atoms with van der Waals surface area (Å²) in [4.78, 5) is 15.6. The number of carbonyl (C=O) groups is 1. The standard InChI is InChI=1S/C25H35N7O2/c33-24(27-25-11-16-6-17(12-25)8-18(7-16)13-25)26-19-9-20-3-4-21(10-19)31(20)15-23-28-29-30-32(23)14-22-2-1-5-34-22/h1-2,5,16-21H,3-4,6-15H2,(H2,26,27,33)/t16?,17?,18?,20-,21-,25?/m0/s1. The number of fused-ring (bicyclic) bond motifs is 2. The van der Waals surface area contributed by atoms with Crippen molar-refractivity contribution >= 4 is 6.03 Å². The predicted molar refractivity (Wildman–Crippen MR) is 124 cm³/mol. The minimum absolute atomic E-state index is 0.0715. The lowest BCUT2D eigenvalue weighted by atomic mass is 9.53. The monoisotopic (exact) mass is 465 g/mol. The van der Waals surface area contributed by atoms with Crippen LogP contribution in [0.4, 0.5) is 4.79 Å². The maximum Gasteiger partial charge on any atom is 0.315 e. The van der Waals surface area contributed by atoms with Crippen LogP contribution in [0.25, 0.3) is 0 Å². The van der Waals surface area contributed by atoms with Crippen LogP contribution >= 0.6 is 0 Å². The number of carbonyl (C=O) groups excluding carboxylic acids is 1. The van der Waals surface area contributed by atoms with Gasteiger partial charge in [0.1, 0.15) is 12.3 Å². The van der Waals surface area contributed by atoms with Crippen molar-refractivity contribution in [3.8, 4) is 0 Å². The van der Waals surface area contributed by atoms with Crippen molar-refractivity contribution in [3.63, 3.8) is 0 Å². The normalized spacial score (nSPS) is 38.4. The lowest BCUT2D eigenvalue weighted by Crippen LogP contribution is -2.62. The van der Waals surface area contributed by atoms with Crippen LogP contribution in [0.15, 0.2) is 22.8 Å². The first-order valence-electron chi connectivity index (χ1n) is 13.2. The van der Waals surface area contributed by atoms with Gasteiger partial charge in [-0.15, -0.1) is 5.10 Å². The van der Waals surface area contributed by atoms with Crippen molar-refractivity contribution in [2.45, 2.75) is 101 Å². The quantitative estimate of drug-likeness (QED) is 0.680. The lowest BCUT2D eigenvalue weighted by molar-refractivity contribution is -0.0139. The third-order valence-electron chi connectivity index (χ3n) is 9.45. The van der Waals surface area contributed by atoms with Gasteiger partial charge in [0.2, 0.25) is 0 Å². The van der Waals surface area contributed by atoms with Gasteiger partial charge in [-0.25, -0.2) is 9.48 Å². The number of hydrogen-bond acceptors (Lipinski definition) is 6. The minimum atomic E-state index is 0.0715. The van der Waals surface area contributed by atoms with Gasteiger partial charge in [-0.3, -0.25) is 4.90 Å². The molecule has 4 heterocycles. The molecule has 2 saturated heterocycles. The number of nitrogens with zero attached hydrogens (tertiary/aromatic N) is 5. The highest BCUT2D eigenvalue weighted by Crippen LogP contribution is 2.55. The van der Waals surface area contributed by atoms with E-state index in [2.05, 4.69) is 31.1 Å². The summed E-state index contributed by atoms with van der Waals surface area (Å²) < 4.78 is 7.30. The molecule has 2 amide bonds. The Morgan fingerprint density at radius 2 is 1.74 bits per heavy atom. The second-order valence-electron chi connectivity index (χ2n) is 11.9. The zero-order valence-corrected chi connectivity index (χ0v) is 19.7. The van der Waals surface area contributed by atoms with Gasteiger partial charge in [-0.1, -0.05) is 0 Å². The molecule has 0 unspecified atom stereocenters. The largest absolute Gasteiger partial charge is 0.467 e. The van der Waals surface area contributed by atoms with E-state index in [-0.39, 0.29) is 17.6 Å². The molecule has 9 heteroatoms. The fraction of sp³-hybridized carbons (Fsp3) is 0.760. The van der Waals surface area contributed by atoms with Crippen molar-refractivity contribution < 1.29 is 9.21 Å². The molecule has 34 heavy (non-hydrogen) atoms. The molecule has 2 aliphatic heterocycles. The second kappa shape index (κ2) is 8.07. The molecule has 2 atom stereocenters. The maximum absolute atomic E-state index is 13.1. The van der Waals surface area contributed by atoms with Crippen LogP contribution in [0.3, 0.4) is 0 Å². The van der Waals surface area contributed by atoms with Crippen LogP contribution in [0.1, 0.15) is 75.8 Å². The average molecular weight is 466 g/mol. The first-order chi connectivity index (χ1) is 16.6. The van der Waals surface area contributed by atoms with Gasteiger partial charge in [0.25, 0.3) is 0 Å². The van der Waals surface area contributed by atoms with E-state index in [9.17, 15) is 4.79 Å². The maximum atomic E-state index is 13.1. The fourth-order valence-electron chi connectivity index (χ4n) is 8.55. The highest BCUT2D eigenvalue weighted by atomic mass is 16.3. The van der Waals surface area contributed by atoms with Gasteiger partial charge < -0.3 is 15.1 Å². The molecule has 2 aromatic rings. The van der Waals surface area contributed by atoms with Crippen molar-refractivity contribution in [1.29, 1.82) is 0 Å². The number of rotatable bonds is 6. The summed E-state index contributed by atoms with van der Waals surface area (Å²) in [5, 5.41) is 19.3. The van der Waals surface area contributed by atoms with Crippen LogP contribution in [0.2, 0.25) is 0 Å². The molecule has 6 fully saturated rings. The molecule has 182 valence electrons. The van der Waals surface area contributed by atoms with Gasteiger partial charge in [0, 0.05) is 23.7 Å². The average Bonchev–Trinajstić information content (AvgIpc) is 3.49. The zero-order valence-electron chi connectivity index (χ0n) is 19.7. The molecule has 9 nitrogen and oxygen atoms in total. The van der Waals surface area contributed by atoms with Crippen molar-refractivity contribution in [3.05, 3.63) is 30.0 Å².